The molecule has 1 aliphatic rings. The summed E-state index contributed by atoms with van der Waals surface area (Å²) in [5.41, 5.74) is 8.85. The van der Waals surface area contributed by atoms with Gasteiger partial charge in [-0.1, -0.05) is 38.1 Å². The monoisotopic (exact) mass is 246 g/mol. The van der Waals surface area contributed by atoms with Crippen molar-refractivity contribution in [2.24, 2.45) is 5.73 Å². The lowest BCUT2D eigenvalue weighted by atomic mass is 9.80. The lowest BCUT2D eigenvalue weighted by Gasteiger charge is -2.26. The van der Waals surface area contributed by atoms with Crippen LogP contribution in [0.25, 0.3) is 0 Å². The Balaban J connectivity index is 2.19. The second kappa shape index (κ2) is 5.41. The number of likely N-dealkylation sites (tertiary alicyclic amines) is 1. The highest BCUT2D eigenvalue weighted by Gasteiger charge is 2.24. The molecule has 1 heterocycles. The van der Waals surface area contributed by atoms with Crippen LogP contribution in [0.1, 0.15) is 43.7 Å². The molecule has 2 N–H and O–H groups in total. The first-order valence-electron chi connectivity index (χ1n) is 7.02. The largest absolute Gasteiger partial charge is 0.330 e. The van der Waals surface area contributed by atoms with Crippen LogP contribution >= 0.6 is 0 Å². The van der Waals surface area contributed by atoms with Gasteiger partial charge in [-0.3, -0.25) is 0 Å². The van der Waals surface area contributed by atoms with E-state index in [0.29, 0.717) is 5.92 Å². The lowest BCUT2D eigenvalue weighted by molar-refractivity contribution is 0.411. The third kappa shape index (κ3) is 2.93. The van der Waals surface area contributed by atoms with Crippen molar-refractivity contribution >= 4 is 0 Å². The summed E-state index contributed by atoms with van der Waals surface area (Å²) in [4.78, 5) is 2.42. The van der Waals surface area contributed by atoms with Gasteiger partial charge in [0.05, 0.1) is 0 Å². The van der Waals surface area contributed by atoms with E-state index in [9.17, 15) is 0 Å². The minimum atomic E-state index is 0.190. The second-order valence-corrected chi connectivity index (χ2v) is 6.30. The van der Waals surface area contributed by atoms with Crippen LogP contribution in [-0.2, 0) is 5.41 Å². The van der Waals surface area contributed by atoms with Gasteiger partial charge < -0.3 is 10.6 Å². The van der Waals surface area contributed by atoms with E-state index >= 15 is 0 Å². The van der Waals surface area contributed by atoms with Crippen LogP contribution in [-0.4, -0.2) is 31.6 Å². The maximum Gasteiger partial charge on any atom is 0.00477 e. The molecule has 0 aliphatic carbocycles. The van der Waals surface area contributed by atoms with Gasteiger partial charge in [0, 0.05) is 6.54 Å². The SMILES string of the molecule is CN1CCC(c2cccc(C(C)(C)CCN)c2)C1. The molecule has 1 atom stereocenters. The number of nitrogens with two attached hydrogens (primary N) is 1. The predicted octanol–water partition coefficient (Wildman–Crippen LogP) is 2.73. The van der Waals surface area contributed by atoms with Gasteiger partial charge in [-0.15, -0.1) is 0 Å². The topological polar surface area (TPSA) is 29.3 Å². The Morgan fingerprint density at radius 3 is 2.78 bits per heavy atom. The number of hydrogen-bond acceptors (Lipinski definition) is 2. The van der Waals surface area contributed by atoms with E-state index in [1.54, 1.807) is 0 Å². The summed E-state index contributed by atoms with van der Waals surface area (Å²) in [5.74, 6) is 0.712. The fraction of sp³-hybridized carbons (Fsp3) is 0.625. The van der Waals surface area contributed by atoms with Crippen molar-refractivity contribution in [3.63, 3.8) is 0 Å². The second-order valence-electron chi connectivity index (χ2n) is 6.30. The maximum atomic E-state index is 5.72. The van der Waals surface area contributed by atoms with E-state index in [2.05, 4.69) is 50.1 Å². The van der Waals surface area contributed by atoms with E-state index in [-0.39, 0.29) is 5.41 Å². The average molecular weight is 246 g/mol. The molecule has 1 aromatic carbocycles. The zero-order valence-corrected chi connectivity index (χ0v) is 11.9. The van der Waals surface area contributed by atoms with E-state index in [1.807, 2.05) is 0 Å². The molecule has 2 rings (SSSR count). The molecule has 0 radical (unpaired) electrons. The van der Waals surface area contributed by atoms with Gasteiger partial charge in [0.15, 0.2) is 0 Å². The van der Waals surface area contributed by atoms with Crippen LogP contribution in [0.2, 0.25) is 0 Å². The predicted molar refractivity (Wildman–Crippen MR) is 78.0 cm³/mol. The Morgan fingerprint density at radius 1 is 1.39 bits per heavy atom. The number of benzene rings is 1. The van der Waals surface area contributed by atoms with Crippen molar-refractivity contribution in [1.29, 1.82) is 0 Å². The van der Waals surface area contributed by atoms with Crippen molar-refractivity contribution in [2.75, 3.05) is 26.7 Å². The van der Waals surface area contributed by atoms with Crippen molar-refractivity contribution in [3.8, 4) is 0 Å². The third-order valence-corrected chi connectivity index (χ3v) is 4.30. The fourth-order valence-corrected chi connectivity index (χ4v) is 2.93. The Bertz CT molecular complexity index is 398. The van der Waals surface area contributed by atoms with Crippen LogP contribution in [0.5, 0.6) is 0 Å². The molecule has 2 nitrogen and oxygen atoms in total. The quantitative estimate of drug-likeness (QED) is 0.885. The normalized spacial score (nSPS) is 21.4. The van der Waals surface area contributed by atoms with Gasteiger partial charge in [-0.25, -0.2) is 0 Å². The molecule has 1 aromatic rings. The molecular weight excluding hydrogens is 220 g/mol. The molecule has 18 heavy (non-hydrogen) atoms. The Morgan fingerprint density at radius 2 is 2.17 bits per heavy atom. The van der Waals surface area contributed by atoms with E-state index in [1.165, 1.54) is 30.6 Å². The summed E-state index contributed by atoms with van der Waals surface area (Å²) >= 11 is 0. The number of nitrogens with zero attached hydrogens (tertiary/aromatic N) is 1. The number of hydrogen-bond donors (Lipinski definition) is 1. The highest BCUT2D eigenvalue weighted by Crippen LogP contribution is 2.31. The summed E-state index contributed by atoms with van der Waals surface area (Å²) in [6.07, 6.45) is 2.33. The molecule has 1 saturated heterocycles. The Hall–Kier alpha value is -0.860. The minimum Gasteiger partial charge on any atom is -0.330 e. The van der Waals surface area contributed by atoms with Crippen LogP contribution in [0.15, 0.2) is 24.3 Å². The van der Waals surface area contributed by atoms with Gasteiger partial charge in [-0.05, 0) is 55.4 Å². The van der Waals surface area contributed by atoms with Crippen LogP contribution in [0.4, 0.5) is 0 Å². The molecule has 0 saturated carbocycles. The average Bonchev–Trinajstić information content (AvgIpc) is 2.76. The van der Waals surface area contributed by atoms with Crippen LogP contribution in [0, 0.1) is 0 Å². The Kier molecular flexibility index (Phi) is 4.08. The van der Waals surface area contributed by atoms with E-state index < -0.39 is 0 Å². The third-order valence-electron chi connectivity index (χ3n) is 4.30. The summed E-state index contributed by atoms with van der Waals surface area (Å²) in [5, 5.41) is 0. The van der Waals surface area contributed by atoms with Crippen molar-refractivity contribution < 1.29 is 0 Å². The highest BCUT2D eigenvalue weighted by molar-refractivity contribution is 5.32. The summed E-state index contributed by atoms with van der Waals surface area (Å²) < 4.78 is 0. The molecule has 0 bridgehead atoms. The first kappa shape index (κ1) is 13.6. The first-order chi connectivity index (χ1) is 8.53. The molecular formula is C16H26N2. The van der Waals surface area contributed by atoms with Gasteiger partial charge in [0.1, 0.15) is 0 Å². The van der Waals surface area contributed by atoms with Gasteiger partial charge in [0.2, 0.25) is 0 Å². The molecule has 2 heteroatoms. The van der Waals surface area contributed by atoms with Crippen LogP contribution < -0.4 is 5.73 Å². The highest BCUT2D eigenvalue weighted by atomic mass is 15.1. The van der Waals surface area contributed by atoms with Crippen molar-refractivity contribution in [1.82, 2.24) is 4.90 Å². The zero-order valence-electron chi connectivity index (χ0n) is 11.9. The maximum absolute atomic E-state index is 5.72. The zero-order chi connectivity index (χ0) is 13.2. The van der Waals surface area contributed by atoms with Gasteiger partial charge in [0.25, 0.3) is 0 Å². The molecule has 0 amide bonds. The standard InChI is InChI=1S/C16H26N2/c1-16(2,8-9-17)15-6-4-5-13(11-15)14-7-10-18(3)12-14/h4-6,11,14H,7-10,12,17H2,1-3H3. The van der Waals surface area contributed by atoms with E-state index in [0.717, 1.165) is 13.0 Å². The first-order valence-corrected chi connectivity index (χ1v) is 7.02. The summed E-state index contributed by atoms with van der Waals surface area (Å²) in [7, 11) is 2.21. The molecule has 1 fully saturated rings. The van der Waals surface area contributed by atoms with Crippen molar-refractivity contribution in [2.45, 2.75) is 38.0 Å². The molecule has 1 unspecified atom stereocenters. The minimum absolute atomic E-state index is 0.190. The van der Waals surface area contributed by atoms with Crippen LogP contribution in [0.3, 0.4) is 0 Å². The summed E-state index contributed by atoms with van der Waals surface area (Å²) in [6, 6.07) is 9.14. The number of rotatable bonds is 4. The molecule has 1 aliphatic heterocycles. The smallest absolute Gasteiger partial charge is 0.00477 e. The van der Waals surface area contributed by atoms with Crippen molar-refractivity contribution in [3.05, 3.63) is 35.4 Å². The van der Waals surface area contributed by atoms with Gasteiger partial charge >= 0.3 is 0 Å². The van der Waals surface area contributed by atoms with E-state index in [4.69, 9.17) is 5.73 Å². The molecule has 100 valence electrons. The lowest BCUT2D eigenvalue weighted by Crippen LogP contribution is -2.22. The molecule has 0 aromatic heterocycles. The Labute approximate surface area is 111 Å². The summed E-state index contributed by atoms with van der Waals surface area (Å²) in [6.45, 7) is 7.75. The number of likely N-dealkylation sites (N-methyl/N-ethyl adjacent to an activating group) is 1. The van der Waals surface area contributed by atoms with Gasteiger partial charge in [-0.2, -0.15) is 0 Å². The fourth-order valence-electron chi connectivity index (χ4n) is 2.93. The molecule has 0 spiro atoms.